The SMILES string of the molecule is CN(CC(C)(C)O)C(=O)c1cc2cc(Cl)ccc2o1. The Hall–Kier alpha value is -1.52. The number of hydrogen-bond donors (Lipinski definition) is 1. The summed E-state index contributed by atoms with van der Waals surface area (Å²) >= 11 is 5.89. The number of benzene rings is 1. The molecule has 2 aromatic rings. The van der Waals surface area contributed by atoms with E-state index >= 15 is 0 Å². The molecule has 2 rings (SSSR count). The lowest BCUT2D eigenvalue weighted by Crippen LogP contribution is -2.39. The van der Waals surface area contributed by atoms with Crippen molar-refractivity contribution < 1.29 is 14.3 Å². The molecule has 0 aliphatic carbocycles. The molecule has 0 atom stereocenters. The number of nitrogens with zero attached hydrogens (tertiary/aromatic N) is 1. The lowest BCUT2D eigenvalue weighted by molar-refractivity contribution is 0.0353. The van der Waals surface area contributed by atoms with Crippen LogP contribution in [-0.4, -0.2) is 35.1 Å². The lowest BCUT2D eigenvalue weighted by Gasteiger charge is -2.24. The molecule has 0 spiro atoms. The maximum Gasteiger partial charge on any atom is 0.289 e. The summed E-state index contributed by atoms with van der Waals surface area (Å²) in [4.78, 5) is 13.6. The fourth-order valence-electron chi connectivity index (χ4n) is 1.96. The molecule has 0 aliphatic heterocycles. The Morgan fingerprint density at radius 1 is 1.42 bits per heavy atom. The van der Waals surface area contributed by atoms with Crippen LogP contribution in [0.1, 0.15) is 24.4 Å². The molecule has 0 saturated carbocycles. The molecule has 4 nitrogen and oxygen atoms in total. The van der Waals surface area contributed by atoms with Gasteiger partial charge in [-0.15, -0.1) is 0 Å². The minimum Gasteiger partial charge on any atom is -0.451 e. The number of carbonyl (C=O) groups excluding carboxylic acids is 1. The first-order valence-electron chi connectivity index (χ1n) is 5.93. The second-order valence-electron chi connectivity index (χ2n) is 5.27. The van der Waals surface area contributed by atoms with Crippen LogP contribution in [-0.2, 0) is 0 Å². The van der Waals surface area contributed by atoms with Gasteiger partial charge in [-0.25, -0.2) is 0 Å². The zero-order valence-electron chi connectivity index (χ0n) is 11.1. The highest BCUT2D eigenvalue weighted by atomic mass is 35.5. The van der Waals surface area contributed by atoms with Crippen molar-refractivity contribution in [2.45, 2.75) is 19.4 Å². The number of fused-ring (bicyclic) bond motifs is 1. The highest BCUT2D eigenvalue weighted by Crippen LogP contribution is 2.23. The van der Waals surface area contributed by atoms with Crippen LogP contribution in [0.15, 0.2) is 28.7 Å². The van der Waals surface area contributed by atoms with Crippen LogP contribution >= 0.6 is 11.6 Å². The van der Waals surface area contributed by atoms with Crippen molar-refractivity contribution in [3.05, 3.63) is 35.0 Å². The van der Waals surface area contributed by atoms with Crippen molar-refractivity contribution in [1.82, 2.24) is 4.90 Å². The Labute approximate surface area is 116 Å². The molecule has 1 aromatic heterocycles. The molecule has 1 amide bonds. The monoisotopic (exact) mass is 281 g/mol. The molecular weight excluding hydrogens is 266 g/mol. The van der Waals surface area contributed by atoms with Gasteiger partial charge in [-0.1, -0.05) is 11.6 Å². The second-order valence-corrected chi connectivity index (χ2v) is 5.70. The van der Waals surface area contributed by atoms with Gasteiger partial charge in [0.05, 0.1) is 5.60 Å². The van der Waals surface area contributed by atoms with E-state index in [-0.39, 0.29) is 18.2 Å². The van der Waals surface area contributed by atoms with Crippen LogP contribution in [0.3, 0.4) is 0 Å². The van der Waals surface area contributed by atoms with Gasteiger partial charge < -0.3 is 14.4 Å². The van der Waals surface area contributed by atoms with Gasteiger partial charge in [0.15, 0.2) is 5.76 Å². The summed E-state index contributed by atoms with van der Waals surface area (Å²) in [6.45, 7) is 3.52. The molecule has 0 unspecified atom stereocenters. The van der Waals surface area contributed by atoms with Gasteiger partial charge in [-0.3, -0.25) is 4.79 Å². The van der Waals surface area contributed by atoms with E-state index in [1.165, 1.54) is 4.90 Å². The van der Waals surface area contributed by atoms with Gasteiger partial charge in [-0.05, 0) is 38.1 Å². The number of furan rings is 1. The normalized spacial score (nSPS) is 11.8. The summed E-state index contributed by atoms with van der Waals surface area (Å²) in [5.41, 5.74) is -0.330. The summed E-state index contributed by atoms with van der Waals surface area (Å²) < 4.78 is 5.49. The Kier molecular flexibility index (Phi) is 3.56. The molecule has 1 heterocycles. The summed E-state index contributed by atoms with van der Waals surface area (Å²) in [6.07, 6.45) is 0. The van der Waals surface area contributed by atoms with Crippen LogP contribution in [0.5, 0.6) is 0 Å². The maximum atomic E-state index is 12.2. The largest absolute Gasteiger partial charge is 0.451 e. The van der Waals surface area contributed by atoms with E-state index in [0.717, 1.165) is 5.39 Å². The average Bonchev–Trinajstić information content (AvgIpc) is 2.68. The van der Waals surface area contributed by atoms with Crippen LogP contribution < -0.4 is 0 Å². The fourth-order valence-corrected chi connectivity index (χ4v) is 2.14. The number of amides is 1. The highest BCUT2D eigenvalue weighted by molar-refractivity contribution is 6.31. The highest BCUT2D eigenvalue weighted by Gasteiger charge is 2.22. The molecule has 19 heavy (non-hydrogen) atoms. The van der Waals surface area contributed by atoms with Gasteiger partial charge in [0.1, 0.15) is 5.58 Å². The number of halogens is 1. The third kappa shape index (κ3) is 3.28. The van der Waals surface area contributed by atoms with E-state index < -0.39 is 5.60 Å². The quantitative estimate of drug-likeness (QED) is 0.941. The molecule has 0 bridgehead atoms. The third-order valence-corrected chi connectivity index (χ3v) is 2.90. The van der Waals surface area contributed by atoms with Crippen molar-refractivity contribution >= 4 is 28.5 Å². The average molecular weight is 282 g/mol. The van der Waals surface area contributed by atoms with Gasteiger partial charge >= 0.3 is 0 Å². The molecular formula is C14H16ClNO3. The lowest BCUT2D eigenvalue weighted by atomic mass is 10.1. The zero-order valence-corrected chi connectivity index (χ0v) is 11.9. The topological polar surface area (TPSA) is 53.7 Å². The van der Waals surface area contributed by atoms with Crippen LogP contribution in [0, 0.1) is 0 Å². The van der Waals surface area contributed by atoms with Gasteiger partial charge in [-0.2, -0.15) is 0 Å². The predicted molar refractivity (Wildman–Crippen MR) is 74.5 cm³/mol. The van der Waals surface area contributed by atoms with E-state index in [9.17, 15) is 9.90 Å². The van der Waals surface area contributed by atoms with E-state index in [1.807, 2.05) is 0 Å². The van der Waals surface area contributed by atoms with E-state index in [1.54, 1.807) is 45.2 Å². The minimum absolute atomic E-state index is 0.226. The standard InChI is InChI=1S/C14H16ClNO3/c1-14(2,18)8-16(3)13(17)12-7-9-6-10(15)4-5-11(9)19-12/h4-7,18H,8H2,1-3H3. The van der Waals surface area contributed by atoms with Crippen molar-refractivity contribution in [2.75, 3.05) is 13.6 Å². The number of aliphatic hydroxyl groups is 1. The number of rotatable bonds is 3. The van der Waals surface area contributed by atoms with Crippen molar-refractivity contribution in [2.24, 2.45) is 0 Å². The Bertz CT molecular complexity index is 613. The predicted octanol–water partition coefficient (Wildman–Crippen LogP) is 2.93. The van der Waals surface area contributed by atoms with Gasteiger partial charge in [0.2, 0.25) is 0 Å². The number of hydrogen-bond acceptors (Lipinski definition) is 3. The summed E-state index contributed by atoms with van der Waals surface area (Å²) in [5, 5.41) is 11.1. The molecule has 5 heteroatoms. The van der Waals surface area contributed by atoms with Crippen LogP contribution in [0.2, 0.25) is 5.02 Å². The molecule has 0 aliphatic rings. The summed E-state index contributed by atoms with van der Waals surface area (Å²) in [5.74, 6) is -0.0292. The number of carbonyl (C=O) groups is 1. The molecule has 102 valence electrons. The van der Waals surface area contributed by atoms with Gasteiger partial charge in [0.25, 0.3) is 5.91 Å². The van der Waals surface area contributed by atoms with Gasteiger partial charge in [0, 0.05) is 24.0 Å². The first-order valence-corrected chi connectivity index (χ1v) is 6.31. The van der Waals surface area contributed by atoms with Crippen molar-refractivity contribution in [1.29, 1.82) is 0 Å². The van der Waals surface area contributed by atoms with Crippen LogP contribution in [0.4, 0.5) is 0 Å². The third-order valence-electron chi connectivity index (χ3n) is 2.66. The summed E-state index contributed by atoms with van der Waals surface area (Å²) in [7, 11) is 1.63. The fraction of sp³-hybridized carbons (Fsp3) is 0.357. The molecule has 0 radical (unpaired) electrons. The zero-order chi connectivity index (χ0) is 14.2. The van der Waals surface area contributed by atoms with E-state index in [2.05, 4.69) is 0 Å². The first-order chi connectivity index (χ1) is 8.76. The molecule has 0 fully saturated rings. The molecule has 1 aromatic carbocycles. The minimum atomic E-state index is -0.945. The molecule has 0 saturated heterocycles. The second kappa shape index (κ2) is 4.87. The van der Waals surface area contributed by atoms with Crippen molar-refractivity contribution in [3.8, 4) is 0 Å². The first kappa shape index (κ1) is 13.9. The Balaban J connectivity index is 2.26. The van der Waals surface area contributed by atoms with E-state index in [0.29, 0.717) is 10.6 Å². The number of likely N-dealkylation sites (N-methyl/N-ethyl adjacent to an activating group) is 1. The van der Waals surface area contributed by atoms with E-state index in [4.69, 9.17) is 16.0 Å². The smallest absolute Gasteiger partial charge is 0.289 e. The molecule has 1 N–H and O–H groups in total. The Morgan fingerprint density at radius 2 is 2.11 bits per heavy atom. The Morgan fingerprint density at radius 3 is 2.74 bits per heavy atom. The van der Waals surface area contributed by atoms with Crippen molar-refractivity contribution in [3.63, 3.8) is 0 Å². The summed E-state index contributed by atoms with van der Waals surface area (Å²) in [6, 6.07) is 6.84. The van der Waals surface area contributed by atoms with Crippen LogP contribution in [0.25, 0.3) is 11.0 Å². The maximum absolute atomic E-state index is 12.2.